The summed E-state index contributed by atoms with van der Waals surface area (Å²) in [6, 6.07) is 0. The van der Waals surface area contributed by atoms with Gasteiger partial charge in [-0.15, -0.1) is 0 Å². The van der Waals surface area contributed by atoms with Crippen LogP contribution in [0.15, 0.2) is 0 Å². The normalized spacial score (nSPS) is 26.0. The molecular weight excluding hydrogens is 232 g/mol. The summed E-state index contributed by atoms with van der Waals surface area (Å²) in [5.41, 5.74) is 0. The third-order valence-corrected chi connectivity index (χ3v) is 8.72. The summed E-state index contributed by atoms with van der Waals surface area (Å²) in [5.74, 6) is -0.0268. The van der Waals surface area contributed by atoms with E-state index in [9.17, 15) is 4.79 Å². The van der Waals surface area contributed by atoms with E-state index in [0.717, 1.165) is 19.3 Å². The zero-order valence-electron chi connectivity index (χ0n) is 12.0. The first kappa shape index (κ1) is 14.7. The van der Waals surface area contributed by atoms with Crippen molar-refractivity contribution in [1.29, 1.82) is 0 Å². The molecule has 100 valence electrons. The van der Waals surface area contributed by atoms with Crippen LogP contribution in [0, 0.1) is 5.92 Å². The highest BCUT2D eigenvalue weighted by molar-refractivity contribution is 6.74. The molecule has 1 aliphatic carbocycles. The number of carbonyl (C=O) groups is 1. The van der Waals surface area contributed by atoms with Crippen molar-refractivity contribution in [2.75, 3.05) is 7.11 Å². The maximum atomic E-state index is 11.5. The first-order chi connectivity index (χ1) is 7.67. The number of ether oxygens (including phenoxy) is 1. The molecule has 4 heteroatoms. The van der Waals surface area contributed by atoms with Crippen LogP contribution in [-0.2, 0) is 14.0 Å². The van der Waals surface area contributed by atoms with Crippen molar-refractivity contribution in [2.24, 2.45) is 5.92 Å². The lowest BCUT2D eigenvalue weighted by Gasteiger charge is -2.38. The standard InChI is InChI=1S/C13H26O3Si/c1-13(2,3)17(5,6)16-11-8-7-10(9-11)12(14)15-4/h10-11H,7-9H2,1-6H3/t10-,11-/m0/s1. The predicted molar refractivity (Wildman–Crippen MR) is 71.4 cm³/mol. The summed E-state index contributed by atoms with van der Waals surface area (Å²) in [4.78, 5) is 11.5. The van der Waals surface area contributed by atoms with Crippen LogP contribution < -0.4 is 0 Å². The smallest absolute Gasteiger partial charge is 0.308 e. The number of carbonyl (C=O) groups excluding carboxylic acids is 1. The fourth-order valence-corrected chi connectivity index (χ4v) is 3.42. The van der Waals surface area contributed by atoms with Crippen LogP contribution in [0.1, 0.15) is 40.0 Å². The Morgan fingerprint density at radius 2 is 1.82 bits per heavy atom. The summed E-state index contributed by atoms with van der Waals surface area (Å²) >= 11 is 0. The van der Waals surface area contributed by atoms with E-state index in [2.05, 4.69) is 33.9 Å². The molecule has 1 aliphatic rings. The maximum Gasteiger partial charge on any atom is 0.308 e. The van der Waals surface area contributed by atoms with Crippen molar-refractivity contribution in [2.45, 2.75) is 64.3 Å². The second-order valence-corrected chi connectivity index (χ2v) is 11.3. The highest BCUT2D eigenvalue weighted by Crippen LogP contribution is 2.40. The lowest BCUT2D eigenvalue weighted by atomic mass is 10.1. The third kappa shape index (κ3) is 3.55. The molecule has 2 atom stereocenters. The molecule has 0 unspecified atom stereocenters. The molecule has 3 nitrogen and oxygen atoms in total. The van der Waals surface area contributed by atoms with Gasteiger partial charge in [-0.25, -0.2) is 0 Å². The molecule has 17 heavy (non-hydrogen) atoms. The van der Waals surface area contributed by atoms with Crippen LogP contribution in [0.3, 0.4) is 0 Å². The molecule has 0 aliphatic heterocycles. The molecule has 0 amide bonds. The third-order valence-electron chi connectivity index (χ3n) is 4.19. The largest absolute Gasteiger partial charge is 0.469 e. The van der Waals surface area contributed by atoms with E-state index in [-0.39, 0.29) is 23.0 Å². The molecule has 1 saturated carbocycles. The van der Waals surface area contributed by atoms with Gasteiger partial charge in [-0.1, -0.05) is 20.8 Å². The molecule has 0 aromatic carbocycles. The first-order valence-electron chi connectivity index (χ1n) is 6.43. The van der Waals surface area contributed by atoms with Crippen LogP contribution in [-0.4, -0.2) is 27.5 Å². The maximum absolute atomic E-state index is 11.5. The van der Waals surface area contributed by atoms with E-state index >= 15 is 0 Å². The Labute approximate surface area is 106 Å². The quantitative estimate of drug-likeness (QED) is 0.575. The number of rotatable bonds is 3. The van der Waals surface area contributed by atoms with Crippen LogP contribution in [0.5, 0.6) is 0 Å². The van der Waals surface area contributed by atoms with Gasteiger partial charge < -0.3 is 9.16 Å². The molecule has 1 rings (SSSR count). The van der Waals surface area contributed by atoms with Crippen molar-refractivity contribution in [3.05, 3.63) is 0 Å². The minimum atomic E-state index is -1.70. The Morgan fingerprint density at radius 3 is 2.29 bits per heavy atom. The molecule has 0 radical (unpaired) electrons. The predicted octanol–water partition coefficient (Wildman–Crippen LogP) is 3.35. The number of hydrogen-bond donors (Lipinski definition) is 0. The lowest BCUT2D eigenvalue weighted by molar-refractivity contribution is -0.145. The van der Waals surface area contributed by atoms with Gasteiger partial charge in [0.1, 0.15) is 0 Å². The van der Waals surface area contributed by atoms with Gasteiger partial charge in [0.2, 0.25) is 0 Å². The molecule has 0 heterocycles. The minimum absolute atomic E-state index is 0.0507. The monoisotopic (exact) mass is 258 g/mol. The molecule has 0 bridgehead atoms. The Balaban J connectivity index is 2.53. The second kappa shape index (κ2) is 5.10. The topological polar surface area (TPSA) is 35.5 Å². The van der Waals surface area contributed by atoms with E-state index in [1.54, 1.807) is 0 Å². The van der Waals surface area contributed by atoms with Gasteiger partial charge >= 0.3 is 5.97 Å². The van der Waals surface area contributed by atoms with Gasteiger partial charge in [-0.2, -0.15) is 0 Å². The zero-order valence-corrected chi connectivity index (χ0v) is 13.0. The average Bonchev–Trinajstić information content (AvgIpc) is 2.62. The van der Waals surface area contributed by atoms with Gasteiger partial charge in [0.05, 0.1) is 13.0 Å². The minimum Gasteiger partial charge on any atom is -0.469 e. The fraction of sp³-hybridized carbons (Fsp3) is 0.923. The summed E-state index contributed by atoms with van der Waals surface area (Å²) in [7, 11) is -0.234. The Morgan fingerprint density at radius 1 is 1.24 bits per heavy atom. The molecule has 0 saturated heterocycles. The van der Waals surface area contributed by atoms with E-state index in [0.29, 0.717) is 0 Å². The molecule has 0 aromatic rings. The van der Waals surface area contributed by atoms with E-state index in [1.165, 1.54) is 7.11 Å². The van der Waals surface area contributed by atoms with Crippen molar-refractivity contribution in [3.8, 4) is 0 Å². The van der Waals surface area contributed by atoms with Crippen LogP contribution >= 0.6 is 0 Å². The Kier molecular flexibility index (Phi) is 4.41. The van der Waals surface area contributed by atoms with Gasteiger partial charge in [0.25, 0.3) is 0 Å². The fourth-order valence-electron chi connectivity index (χ4n) is 2.02. The second-order valence-electron chi connectivity index (χ2n) is 6.53. The number of esters is 1. The number of hydrogen-bond acceptors (Lipinski definition) is 3. The molecule has 0 N–H and O–H groups in total. The van der Waals surface area contributed by atoms with E-state index in [4.69, 9.17) is 9.16 Å². The SMILES string of the molecule is COC(=O)[C@H]1CC[C@H](O[Si](C)(C)C(C)(C)C)C1. The van der Waals surface area contributed by atoms with Gasteiger partial charge in [0, 0.05) is 6.10 Å². The molecule has 0 aromatic heterocycles. The lowest BCUT2D eigenvalue weighted by Crippen LogP contribution is -2.43. The average molecular weight is 258 g/mol. The van der Waals surface area contributed by atoms with E-state index in [1.807, 2.05) is 0 Å². The van der Waals surface area contributed by atoms with Gasteiger partial charge in [0.15, 0.2) is 8.32 Å². The number of methoxy groups -OCH3 is 1. The molecular formula is C13H26O3Si. The Hall–Kier alpha value is -0.353. The van der Waals surface area contributed by atoms with Gasteiger partial charge in [-0.05, 0) is 37.4 Å². The van der Waals surface area contributed by atoms with Crippen molar-refractivity contribution < 1.29 is 14.0 Å². The van der Waals surface area contributed by atoms with Crippen LogP contribution in [0.2, 0.25) is 18.1 Å². The van der Waals surface area contributed by atoms with Crippen molar-refractivity contribution in [1.82, 2.24) is 0 Å². The summed E-state index contributed by atoms with van der Waals surface area (Å²) in [6.07, 6.45) is 2.98. The molecule has 1 fully saturated rings. The summed E-state index contributed by atoms with van der Waals surface area (Å²) in [6.45, 7) is 11.3. The summed E-state index contributed by atoms with van der Waals surface area (Å²) < 4.78 is 11.1. The van der Waals surface area contributed by atoms with Crippen LogP contribution in [0.25, 0.3) is 0 Å². The summed E-state index contributed by atoms with van der Waals surface area (Å²) in [5, 5.41) is 0.232. The van der Waals surface area contributed by atoms with Crippen molar-refractivity contribution >= 4 is 14.3 Å². The zero-order chi connectivity index (χ0) is 13.3. The highest BCUT2D eigenvalue weighted by Gasteiger charge is 2.41. The van der Waals surface area contributed by atoms with Crippen LogP contribution in [0.4, 0.5) is 0 Å². The first-order valence-corrected chi connectivity index (χ1v) is 9.34. The van der Waals surface area contributed by atoms with E-state index < -0.39 is 8.32 Å². The van der Waals surface area contributed by atoms with Gasteiger partial charge in [-0.3, -0.25) is 4.79 Å². The highest BCUT2D eigenvalue weighted by atomic mass is 28.4. The van der Waals surface area contributed by atoms with Crippen molar-refractivity contribution in [3.63, 3.8) is 0 Å². The molecule has 0 spiro atoms. The Bertz CT molecular complexity index is 281.